The normalized spacial score (nSPS) is 18.4. The predicted molar refractivity (Wildman–Crippen MR) is 105 cm³/mol. The van der Waals surface area contributed by atoms with Gasteiger partial charge in [-0.25, -0.2) is 9.97 Å². The Labute approximate surface area is 159 Å². The second-order valence-corrected chi connectivity index (χ2v) is 7.23. The number of hydrogen-bond donors (Lipinski definition) is 1. The van der Waals surface area contributed by atoms with Gasteiger partial charge in [0.2, 0.25) is 5.95 Å². The van der Waals surface area contributed by atoms with Crippen LogP contribution in [0, 0.1) is 0 Å². The summed E-state index contributed by atoms with van der Waals surface area (Å²) in [5.74, 6) is 0.722. The fourth-order valence-corrected chi connectivity index (χ4v) is 3.87. The van der Waals surface area contributed by atoms with Crippen molar-refractivity contribution in [2.75, 3.05) is 36.0 Å². The minimum atomic E-state index is -0.0555. The SMILES string of the molecule is O=C(NC1CCCCC1)c1cc(N2CCN(c3ncccn3)CC2)ccn1. The first-order valence-electron chi connectivity index (χ1n) is 9.83. The van der Waals surface area contributed by atoms with Gasteiger partial charge in [-0.05, 0) is 31.0 Å². The average Bonchev–Trinajstić information content (AvgIpc) is 2.75. The predicted octanol–water partition coefficient (Wildman–Crippen LogP) is 2.26. The van der Waals surface area contributed by atoms with E-state index >= 15 is 0 Å². The molecule has 2 aromatic heterocycles. The van der Waals surface area contributed by atoms with Crippen LogP contribution in [-0.4, -0.2) is 53.1 Å². The van der Waals surface area contributed by atoms with Gasteiger partial charge in [-0.1, -0.05) is 19.3 Å². The van der Waals surface area contributed by atoms with Crippen molar-refractivity contribution in [3.8, 4) is 0 Å². The Kier molecular flexibility index (Phi) is 5.46. The number of carbonyl (C=O) groups is 1. The zero-order valence-corrected chi connectivity index (χ0v) is 15.5. The summed E-state index contributed by atoms with van der Waals surface area (Å²) in [5, 5.41) is 3.15. The third-order valence-electron chi connectivity index (χ3n) is 5.40. The van der Waals surface area contributed by atoms with Crippen molar-refractivity contribution in [1.29, 1.82) is 0 Å². The van der Waals surface area contributed by atoms with Crippen LogP contribution in [0.2, 0.25) is 0 Å². The molecule has 2 aromatic rings. The zero-order valence-electron chi connectivity index (χ0n) is 15.5. The number of rotatable bonds is 4. The largest absolute Gasteiger partial charge is 0.368 e. The number of pyridine rings is 1. The fourth-order valence-electron chi connectivity index (χ4n) is 3.87. The molecule has 0 radical (unpaired) electrons. The van der Waals surface area contributed by atoms with E-state index in [2.05, 4.69) is 30.1 Å². The van der Waals surface area contributed by atoms with Gasteiger partial charge in [0, 0.05) is 56.5 Å². The van der Waals surface area contributed by atoms with E-state index in [0.29, 0.717) is 11.7 Å². The van der Waals surface area contributed by atoms with E-state index in [-0.39, 0.29) is 5.91 Å². The molecule has 1 saturated carbocycles. The van der Waals surface area contributed by atoms with Crippen molar-refractivity contribution in [2.45, 2.75) is 38.1 Å². The van der Waals surface area contributed by atoms with E-state index in [1.807, 2.05) is 18.2 Å². The van der Waals surface area contributed by atoms with Gasteiger partial charge in [0.1, 0.15) is 5.69 Å². The molecule has 0 atom stereocenters. The second-order valence-electron chi connectivity index (χ2n) is 7.23. The van der Waals surface area contributed by atoms with Gasteiger partial charge in [0.05, 0.1) is 0 Å². The number of anilines is 2. The molecule has 0 aromatic carbocycles. The molecule has 2 aliphatic rings. The monoisotopic (exact) mass is 366 g/mol. The van der Waals surface area contributed by atoms with E-state index in [9.17, 15) is 4.79 Å². The fraction of sp³-hybridized carbons (Fsp3) is 0.500. The van der Waals surface area contributed by atoms with Crippen LogP contribution < -0.4 is 15.1 Å². The summed E-state index contributed by atoms with van der Waals surface area (Å²) in [4.78, 5) is 30.0. The molecule has 2 fully saturated rings. The van der Waals surface area contributed by atoms with Crippen LogP contribution in [0.25, 0.3) is 0 Å². The minimum absolute atomic E-state index is 0.0555. The summed E-state index contributed by atoms with van der Waals surface area (Å²) in [7, 11) is 0. The first-order valence-corrected chi connectivity index (χ1v) is 9.83. The second kappa shape index (κ2) is 8.33. The lowest BCUT2D eigenvalue weighted by molar-refractivity contribution is 0.0922. The third-order valence-corrected chi connectivity index (χ3v) is 5.40. The maximum Gasteiger partial charge on any atom is 0.270 e. The number of carbonyl (C=O) groups excluding carboxylic acids is 1. The average molecular weight is 366 g/mol. The summed E-state index contributed by atoms with van der Waals surface area (Å²) >= 11 is 0. The quantitative estimate of drug-likeness (QED) is 0.895. The Morgan fingerprint density at radius 1 is 0.926 bits per heavy atom. The topological polar surface area (TPSA) is 74.2 Å². The number of nitrogens with zero attached hydrogens (tertiary/aromatic N) is 5. The van der Waals surface area contributed by atoms with Crippen molar-refractivity contribution >= 4 is 17.5 Å². The van der Waals surface area contributed by atoms with Gasteiger partial charge in [-0.3, -0.25) is 9.78 Å². The van der Waals surface area contributed by atoms with Crippen LogP contribution >= 0.6 is 0 Å². The van der Waals surface area contributed by atoms with Crippen molar-refractivity contribution in [3.05, 3.63) is 42.5 Å². The highest BCUT2D eigenvalue weighted by Gasteiger charge is 2.21. The van der Waals surface area contributed by atoms with E-state index in [1.165, 1.54) is 19.3 Å². The molecule has 4 rings (SSSR count). The van der Waals surface area contributed by atoms with E-state index in [4.69, 9.17) is 0 Å². The lowest BCUT2D eigenvalue weighted by atomic mass is 9.95. The highest BCUT2D eigenvalue weighted by Crippen LogP contribution is 2.20. The number of piperazine rings is 1. The standard InChI is InChI=1S/C20H26N6O/c27-19(24-16-5-2-1-3-6-16)18-15-17(7-10-21-18)25-11-13-26(14-12-25)20-22-8-4-9-23-20/h4,7-10,15-16H,1-3,5-6,11-14H2,(H,24,27). The van der Waals surface area contributed by atoms with Crippen molar-refractivity contribution in [3.63, 3.8) is 0 Å². The molecule has 1 aliphatic carbocycles. The number of amides is 1. The molecule has 7 heteroatoms. The van der Waals surface area contributed by atoms with E-state index < -0.39 is 0 Å². The number of hydrogen-bond acceptors (Lipinski definition) is 6. The lowest BCUT2D eigenvalue weighted by Crippen LogP contribution is -2.47. The summed E-state index contributed by atoms with van der Waals surface area (Å²) in [6.07, 6.45) is 11.1. The molecule has 1 N–H and O–H groups in total. The van der Waals surface area contributed by atoms with Crippen LogP contribution in [0.5, 0.6) is 0 Å². The van der Waals surface area contributed by atoms with Gasteiger partial charge < -0.3 is 15.1 Å². The molecule has 0 bridgehead atoms. The van der Waals surface area contributed by atoms with Gasteiger partial charge in [-0.15, -0.1) is 0 Å². The lowest BCUT2D eigenvalue weighted by Gasteiger charge is -2.36. The maximum absolute atomic E-state index is 12.6. The molecule has 0 unspecified atom stereocenters. The smallest absolute Gasteiger partial charge is 0.270 e. The van der Waals surface area contributed by atoms with Crippen LogP contribution in [-0.2, 0) is 0 Å². The summed E-state index contributed by atoms with van der Waals surface area (Å²) in [6.45, 7) is 3.45. The van der Waals surface area contributed by atoms with Crippen molar-refractivity contribution in [1.82, 2.24) is 20.3 Å². The van der Waals surface area contributed by atoms with Gasteiger partial charge in [-0.2, -0.15) is 0 Å². The van der Waals surface area contributed by atoms with Crippen LogP contribution in [0.1, 0.15) is 42.6 Å². The first-order chi connectivity index (χ1) is 13.3. The molecule has 7 nitrogen and oxygen atoms in total. The number of aromatic nitrogens is 3. The van der Waals surface area contributed by atoms with Gasteiger partial charge in [0.25, 0.3) is 5.91 Å². The van der Waals surface area contributed by atoms with Crippen LogP contribution in [0.3, 0.4) is 0 Å². The van der Waals surface area contributed by atoms with Gasteiger partial charge in [0.15, 0.2) is 0 Å². The molecule has 1 aliphatic heterocycles. The Bertz CT molecular complexity index is 754. The molecule has 1 saturated heterocycles. The molecule has 142 valence electrons. The van der Waals surface area contributed by atoms with Crippen LogP contribution in [0.4, 0.5) is 11.6 Å². The maximum atomic E-state index is 12.6. The molecule has 27 heavy (non-hydrogen) atoms. The molecular formula is C20H26N6O. The highest BCUT2D eigenvalue weighted by molar-refractivity contribution is 5.93. The summed E-state index contributed by atoms with van der Waals surface area (Å²) < 4.78 is 0. The molecular weight excluding hydrogens is 340 g/mol. The molecule has 0 spiro atoms. The highest BCUT2D eigenvalue weighted by atomic mass is 16.1. The summed E-state index contributed by atoms with van der Waals surface area (Å²) in [5.41, 5.74) is 1.55. The Morgan fingerprint density at radius 3 is 2.37 bits per heavy atom. The third kappa shape index (κ3) is 4.35. The van der Waals surface area contributed by atoms with E-state index in [0.717, 1.165) is 50.7 Å². The van der Waals surface area contributed by atoms with E-state index in [1.54, 1.807) is 18.6 Å². The number of nitrogens with one attached hydrogen (secondary N) is 1. The zero-order chi connectivity index (χ0) is 18.5. The summed E-state index contributed by atoms with van der Waals surface area (Å²) in [6, 6.07) is 6.02. The molecule has 1 amide bonds. The Morgan fingerprint density at radius 2 is 1.63 bits per heavy atom. The minimum Gasteiger partial charge on any atom is -0.368 e. The Balaban J connectivity index is 1.37. The van der Waals surface area contributed by atoms with Crippen molar-refractivity contribution < 1.29 is 4.79 Å². The van der Waals surface area contributed by atoms with Gasteiger partial charge >= 0.3 is 0 Å². The van der Waals surface area contributed by atoms with Crippen molar-refractivity contribution in [2.24, 2.45) is 0 Å². The molecule has 3 heterocycles. The first kappa shape index (κ1) is 17.7. The Hall–Kier alpha value is -2.70. The van der Waals surface area contributed by atoms with Crippen LogP contribution in [0.15, 0.2) is 36.8 Å².